The van der Waals surface area contributed by atoms with Crippen molar-refractivity contribution in [3.05, 3.63) is 34.8 Å². The highest BCUT2D eigenvalue weighted by Gasteiger charge is 2.15. The third kappa shape index (κ3) is 2.21. The number of carbonyl (C=O) groups excluding carboxylic acids is 1. The van der Waals surface area contributed by atoms with Gasteiger partial charge in [0.1, 0.15) is 16.0 Å². The normalized spacial score (nSPS) is 9.53. The fourth-order valence-electron chi connectivity index (χ4n) is 1.20. The minimum Gasteiger partial charge on any atom is -0.495 e. The first kappa shape index (κ1) is 11.8. The molecule has 1 aromatic carbocycles. The molecule has 0 saturated heterocycles. The summed E-state index contributed by atoms with van der Waals surface area (Å²) in [4.78, 5) is 11.5. The van der Waals surface area contributed by atoms with Gasteiger partial charge in [-0.1, -0.05) is 6.58 Å². The molecule has 0 aliphatic rings. The molecule has 0 fully saturated rings. The first-order chi connectivity index (χ1) is 7.15. The Labute approximate surface area is 96.8 Å². The van der Waals surface area contributed by atoms with E-state index in [1.807, 2.05) is 0 Å². The Bertz CT molecular complexity index is 399. The summed E-state index contributed by atoms with van der Waals surface area (Å²) in [5, 5.41) is 0. The maximum absolute atomic E-state index is 11.5. The lowest BCUT2D eigenvalue weighted by Gasteiger charge is -2.11. The topological polar surface area (TPSA) is 35.5 Å². The molecule has 0 aliphatic heterocycles. The molecule has 0 unspecified atom stereocenters. The van der Waals surface area contributed by atoms with Crippen molar-refractivity contribution in [2.24, 2.45) is 0 Å². The molecule has 0 bridgehead atoms. The van der Waals surface area contributed by atoms with Crippen LogP contribution in [-0.4, -0.2) is 20.0 Å². The largest absolute Gasteiger partial charge is 0.495 e. The van der Waals surface area contributed by atoms with Gasteiger partial charge in [-0.25, -0.2) is 0 Å². The van der Waals surface area contributed by atoms with E-state index in [-0.39, 0.29) is 5.78 Å². The second kappa shape index (κ2) is 4.98. The summed E-state index contributed by atoms with van der Waals surface area (Å²) in [6.45, 7) is 3.43. The predicted octanol–water partition coefficient (Wildman–Crippen LogP) is 2.84. The summed E-state index contributed by atoms with van der Waals surface area (Å²) in [6.07, 6.45) is 1.25. The molecule has 0 N–H and O–H groups in total. The molecule has 1 aromatic rings. The fourth-order valence-corrected chi connectivity index (χ4v) is 1.87. The number of allylic oxidation sites excluding steroid dienone is 1. The minimum atomic E-state index is -0.185. The van der Waals surface area contributed by atoms with Crippen molar-refractivity contribution in [3.8, 4) is 11.5 Å². The molecular weight excluding hydrogens is 260 g/mol. The third-order valence-electron chi connectivity index (χ3n) is 1.94. The summed E-state index contributed by atoms with van der Waals surface area (Å²) in [5.74, 6) is 0.891. The number of methoxy groups -OCH3 is 2. The van der Waals surface area contributed by atoms with Crippen molar-refractivity contribution in [2.45, 2.75) is 0 Å². The van der Waals surface area contributed by atoms with E-state index >= 15 is 0 Å². The Hall–Kier alpha value is -1.29. The molecule has 4 heteroatoms. The standard InChI is InChI=1S/C11H11BrO3/c1-4-8(13)7-5-6-9(14-2)10(12)11(7)15-3/h4-6H,1H2,2-3H3. The van der Waals surface area contributed by atoms with Crippen LogP contribution in [0.2, 0.25) is 0 Å². The van der Waals surface area contributed by atoms with Crippen molar-refractivity contribution in [3.63, 3.8) is 0 Å². The van der Waals surface area contributed by atoms with E-state index in [0.717, 1.165) is 0 Å². The van der Waals surface area contributed by atoms with Crippen molar-refractivity contribution in [1.82, 2.24) is 0 Å². The zero-order chi connectivity index (χ0) is 11.4. The fraction of sp³-hybridized carbons (Fsp3) is 0.182. The highest BCUT2D eigenvalue weighted by Crippen LogP contribution is 2.37. The molecule has 80 valence electrons. The molecule has 0 aliphatic carbocycles. The Morgan fingerprint density at radius 1 is 1.40 bits per heavy atom. The van der Waals surface area contributed by atoms with Gasteiger partial charge in [0.15, 0.2) is 5.78 Å². The van der Waals surface area contributed by atoms with Crippen molar-refractivity contribution >= 4 is 21.7 Å². The van der Waals surface area contributed by atoms with Crippen LogP contribution >= 0.6 is 15.9 Å². The van der Waals surface area contributed by atoms with E-state index in [1.54, 1.807) is 19.2 Å². The first-order valence-electron chi connectivity index (χ1n) is 4.23. The van der Waals surface area contributed by atoms with Gasteiger partial charge >= 0.3 is 0 Å². The molecular formula is C11H11BrO3. The van der Waals surface area contributed by atoms with Crippen LogP contribution in [0.25, 0.3) is 0 Å². The quantitative estimate of drug-likeness (QED) is 0.624. The van der Waals surface area contributed by atoms with Crippen LogP contribution in [0.3, 0.4) is 0 Å². The van der Waals surface area contributed by atoms with E-state index in [4.69, 9.17) is 9.47 Å². The Kier molecular flexibility index (Phi) is 3.91. The molecule has 0 heterocycles. The van der Waals surface area contributed by atoms with E-state index in [9.17, 15) is 4.79 Å². The molecule has 1 rings (SSSR count). The summed E-state index contributed by atoms with van der Waals surface area (Å²) >= 11 is 3.31. The lowest BCUT2D eigenvalue weighted by Crippen LogP contribution is -2.00. The number of carbonyl (C=O) groups is 1. The Balaban J connectivity index is 3.36. The molecule has 0 atom stereocenters. The van der Waals surface area contributed by atoms with E-state index < -0.39 is 0 Å². The lowest BCUT2D eigenvalue weighted by atomic mass is 10.1. The van der Waals surface area contributed by atoms with Crippen LogP contribution in [0, 0.1) is 0 Å². The second-order valence-electron chi connectivity index (χ2n) is 2.73. The third-order valence-corrected chi connectivity index (χ3v) is 2.69. The van der Waals surface area contributed by atoms with E-state index in [0.29, 0.717) is 21.5 Å². The highest BCUT2D eigenvalue weighted by molar-refractivity contribution is 9.10. The average Bonchev–Trinajstić information content (AvgIpc) is 2.27. The van der Waals surface area contributed by atoms with Crippen molar-refractivity contribution in [2.75, 3.05) is 14.2 Å². The van der Waals surface area contributed by atoms with Gasteiger partial charge in [0.2, 0.25) is 0 Å². The minimum absolute atomic E-state index is 0.185. The van der Waals surface area contributed by atoms with Crippen LogP contribution in [0.15, 0.2) is 29.3 Å². The van der Waals surface area contributed by atoms with Gasteiger partial charge in [0, 0.05) is 0 Å². The second-order valence-corrected chi connectivity index (χ2v) is 3.52. The zero-order valence-corrected chi connectivity index (χ0v) is 10.1. The van der Waals surface area contributed by atoms with Gasteiger partial charge in [-0.2, -0.15) is 0 Å². The summed E-state index contributed by atoms with van der Waals surface area (Å²) in [6, 6.07) is 3.34. The van der Waals surface area contributed by atoms with Gasteiger partial charge in [0.25, 0.3) is 0 Å². The smallest absolute Gasteiger partial charge is 0.189 e. The van der Waals surface area contributed by atoms with E-state index in [2.05, 4.69) is 22.5 Å². The van der Waals surface area contributed by atoms with Gasteiger partial charge < -0.3 is 9.47 Å². The predicted molar refractivity (Wildman–Crippen MR) is 61.8 cm³/mol. The zero-order valence-electron chi connectivity index (χ0n) is 8.54. The number of hydrogen-bond acceptors (Lipinski definition) is 3. The lowest BCUT2D eigenvalue weighted by molar-refractivity contribution is 0.104. The van der Waals surface area contributed by atoms with Gasteiger partial charge in [-0.3, -0.25) is 4.79 Å². The molecule has 15 heavy (non-hydrogen) atoms. The first-order valence-corrected chi connectivity index (χ1v) is 5.02. The van der Waals surface area contributed by atoms with Crippen molar-refractivity contribution in [1.29, 1.82) is 0 Å². The van der Waals surface area contributed by atoms with Crippen LogP contribution in [0.1, 0.15) is 10.4 Å². The van der Waals surface area contributed by atoms with Gasteiger partial charge in [-0.15, -0.1) is 0 Å². The average molecular weight is 271 g/mol. The number of ether oxygens (including phenoxy) is 2. The summed E-state index contributed by atoms with van der Waals surface area (Å²) < 4.78 is 10.9. The molecule has 0 amide bonds. The van der Waals surface area contributed by atoms with Crippen LogP contribution in [0.4, 0.5) is 0 Å². The number of benzene rings is 1. The number of rotatable bonds is 4. The maximum atomic E-state index is 11.5. The summed E-state index contributed by atoms with van der Waals surface area (Å²) in [5.41, 5.74) is 0.458. The molecule has 0 radical (unpaired) electrons. The van der Waals surface area contributed by atoms with Crippen LogP contribution in [-0.2, 0) is 0 Å². The molecule has 0 spiro atoms. The van der Waals surface area contributed by atoms with Crippen LogP contribution < -0.4 is 9.47 Å². The van der Waals surface area contributed by atoms with Crippen molar-refractivity contribution < 1.29 is 14.3 Å². The number of hydrogen-bond donors (Lipinski definition) is 0. The monoisotopic (exact) mass is 270 g/mol. The van der Waals surface area contributed by atoms with E-state index in [1.165, 1.54) is 13.2 Å². The number of halogens is 1. The highest BCUT2D eigenvalue weighted by atomic mass is 79.9. The maximum Gasteiger partial charge on any atom is 0.189 e. The van der Waals surface area contributed by atoms with Crippen LogP contribution in [0.5, 0.6) is 11.5 Å². The van der Waals surface area contributed by atoms with Gasteiger partial charge in [0.05, 0.1) is 19.8 Å². The summed E-state index contributed by atoms with van der Waals surface area (Å²) in [7, 11) is 3.05. The Morgan fingerprint density at radius 2 is 2.07 bits per heavy atom. The SMILES string of the molecule is C=CC(=O)c1ccc(OC)c(Br)c1OC. The molecule has 3 nitrogen and oxygen atoms in total. The molecule has 0 saturated carbocycles. The molecule has 0 aromatic heterocycles. The number of ketones is 1. The van der Waals surface area contributed by atoms with Gasteiger partial charge in [-0.05, 0) is 34.1 Å². The Morgan fingerprint density at radius 3 is 2.53 bits per heavy atom.